The molecule has 5 nitrogen and oxygen atoms in total. The van der Waals surface area contributed by atoms with E-state index in [1.165, 1.54) is 12.8 Å². The Kier molecular flexibility index (Phi) is 7.30. The second-order valence-corrected chi connectivity index (χ2v) is 4.91. The maximum Gasteiger partial charge on any atom is 0.224 e. The Bertz CT molecular complexity index is 296. The van der Waals surface area contributed by atoms with Crippen LogP contribution < -0.4 is 10.6 Å². The van der Waals surface area contributed by atoms with Crippen LogP contribution in [0, 0.1) is 5.92 Å². The zero-order valence-corrected chi connectivity index (χ0v) is 12.5. The molecule has 1 rings (SSSR count). The third-order valence-corrected chi connectivity index (χ3v) is 3.30. The number of nitrogens with one attached hydrogen (secondary N) is 2. The lowest BCUT2D eigenvalue weighted by Crippen LogP contribution is -2.40. The molecule has 1 amide bonds. The number of guanidine groups is 1. The second kappa shape index (κ2) is 8.77. The van der Waals surface area contributed by atoms with Gasteiger partial charge in [0.25, 0.3) is 0 Å². The standard InChI is InChI=1S/C14H28N4O/c1-4-15-14(17-11-12-7-8-12)16-10-9-13(19)18(5-2)6-3/h12H,4-11H2,1-3H3,(H2,15,16,17). The highest BCUT2D eigenvalue weighted by atomic mass is 16.2. The molecule has 110 valence electrons. The lowest BCUT2D eigenvalue weighted by molar-refractivity contribution is -0.130. The predicted molar refractivity (Wildman–Crippen MR) is 79.3 cm³/mol. The van der Waals surface area contributed by atoms with Crippen molar-refractivity contribution >= 4 is 11.9 Å². The van der Waals surface area contributed by atoms with E-state index in [0.717, 1.165) is 38.1 Å². The van der Waals surface area contributed by atoms with E-state index in [4.69, 9.17) is 0 Å². The van der Waals surface area contributed by atoms with Crippen LogP contribution in [0.25, 0.3) is 0 Å². The molecule has 0 atom stereocenters. The van der Waals surface area contributed by atoms with Crippen molar-refractivity contribution in [3.63, 3.8) is 0 Å². The van der Waals surface area contributed by atoms with Gasteiger partial charge in [0.15, 0.2) is 5.96 Å². The number of hydrogen-bond acceptors (Lipinski definition) is 2. The van der Waals surface area contributed by atoms with Gasteiger partial charge < -0.3 is 15.5 Å². The SMILES string of the molecule is CCNC(=NCC1CC1)NCCC(=O)N(CC)CC. The van der Waals surface area contributed by atoms with Gasteiger partial charge in [-0.25, -0.2) is 0 Å². The molecule has 0 unspecified atom stereocenters. The van der Waals surface area contributed by atoms with Crippen LogP contribution in [0.3, 0.4) is 0 Å². The van der Waals surface area contributed by atoms with Gasteiger partial charge in [0.1, 0.15) is 0 Å². The van der Waals surface area contributed by atoms with Gasteiger partial charge in [-0.1, -0.05) is 0 Å². The molecule has 1 aliphatic rings. The molecule has 0 aromatic rings. The number of aliphatic imine (C=N–C) groups is 1. The summed E-state index contributed by atoms with van der Waals surface area (Å²) in [6.07, 6.45) is 3.14. The molecular weight excluding hydrogens is 240 g/mol. The first-order valence-corrected chi connectivity index (χ1v) is 7.51. The number of carbonyl (C=O) groups is 1. The van der Waals surface area contributed by atoms with Crippen molar-refractivity contribution in [2.45, 2.75) is 40.0 Å². The van der Waals surface area contributed by atoms with Crippen molar-refractivity contribution in [3.8, 4) is 0 Å². The molecule has 5 heteroatoms. The molecule has 0 saturated heterocycles. The lowest BCUT2D eigenvalue weighted by atomic mass is 10.3. The zero-order chi connectivity index (χ0) is 14.1. The molecule has 0 spiro atoms. The normalized spacial score (nSPS) is 15.2. The first-order valence-electron chi connectivity index (χ1n) is 7.51. The lowest BCUT2D eigenvalue weighted by Gasteiger charge is -2.19. The quantitative estimate of drug-likeness (QED) is 0.514. The molecule has 0 radical (unpaired) electrons. The molecule has 1 saturated carbocycles. The van der Waals surface area contributed by atoms with Gasteiger partial charge >= 0.3 is 0 Å². The maximum absolute atomic E-state index is 11.8. The van der Waals surface area contributed by atoms with Crippen molar-refractivity contribution in [2.75, 3.05) is 32.7 Å². The highest BCUT2D eigenvalue weighted by Crippen LogP contribution is 2.28. The van der Waals surface area contributed by atoms with E-state index < -0.39 is 0 Å². The molecule has 2 N–H and O–H groups in total. The van der Waals surface area contributed by atoms with Gasteiger partial charge in [-0.05, 0) is 39.5 Å². The minimum Gasteiger partial charge on any atom is -0.357 e. The van der Waals surface area contributed by atoms with Crippen LogP contribution in [0.1, 0.15) is 40.0 Å². The van der Waals surface area contributed by atoms with E-state index in [1.807, 2.05) is 18.7 Å². The molecule has 0 heterocycles. The zero-order valence-electron chi connectivity index (χ0n) is 12.5. The summed E-state index contributed by atoms with van der Waals surface area (Å²) in [5, 5.41) is 6.44. The largest absolute Gasteiger partial charge is 0.357 e. The minimum atomic E-state index is 0.204. The van der Waals surface area contributed by atoms with Crippen molar-refractivity contribution in [3.05, 3.63) is 0 Å². The van der Waals surface area contributed by atoms with Crippen LogP contribution in [-0.4, -0.2) is 49.5 Å². The Morgan fingerprint density at radius 2 is 1.89 bits per heavy atom. The summed E-state index contributed by atoms with van der Waals surface area (Å²) in [5.74, 6) is 1.82. The summed E-state index contributed by atoms with van der Waals surface area (Å²) in [7, 11) is 0. The summed E-state index contributed by atoms with van der Waals surface area (Å²) in [4.78, 5) is 18.2. The summed E-state index contributed by atoms with van der Waals surface area (Å²) < 4.78 is 0. The third kappa shape index (κ3) is 6.45. The molecule has 19 heavy (non-hydrogen) atoms. The molecule has 0 aliphatic heterocycles. The van der Waals surface area contributed by atoms with Crippen molar-refractivity contribution in [1.29, 1.82) is 0 Å². The summed E-state index contributed by atoms with van der Waals surface area (Å²) in [6.45, 7) is 10.0. The van der Waals surface area contributed by atoms with E-state index >= 15 is 0 Å². The van der Waals surface area contributed by atoms with Crippen LogP contribution in [0.15, 0.2) is 4.99 Å². The predicted octanol–water partition coefficient (Wildman–Crippen LogP) is 1.21. The Hall–Kier alpha value is -1.26. The highest BCUT2D eigenvalue weighted by Gasteiger charge is 2.20. The van der Waals surface area contributed by atoms with Gasteiger partial charge in [0.05, 0.1) is 0 Å². The minimum absolute atomic E-state index is 0.204. The van der Waals surface area contributed by atoms with E-state index in [1.54, 1.807) is 0 Å². The van der Waals surface area contributed by atoms with E-state index in [-0.39, 0.29) is 5.91 Å². The van der Waals surface area contributed by atoms with Crippen LogP contribution in [0.5, 0.6) is 0 Å². The third-order valence-electron chi connectivity index (χ3n) is 3.30. The monoisotopic (exact) mass is 268 g/mol. The van der Waals surface area contributed by atoms with Crippen LogP contribution in [0.2, 0.25) is 0 Å². The van der Waals surface area contributed by atoms with Crippen molar-refractivity contribution < 1.29 is 4.79 Å². The fraction of sp³-hybridized carbons (Fsp3) is 0.857. The molecule has 0 bridgehead atoms. The summed E-state index contributed by atoms with van der Waals surface area (Å²) in [5.41, 5.74) is 0. The summed E-state index contributed by atoms with van der Waals surface area (Å²) >= 11 is 0. The van der Waals surface area contributed by atoms with Crippen molar-refractivity contribution in [1.82, 2.24) is 15.5 Å². The number of nitrogens with zero attached hydrogens (tertiary/aromatic N) is 2. The molecule has 1 aliphatic carbocycles. The van der Waals surface area contributed by atoms with Gasteiger partial charge in [-0.3, -0.25) is 9.79 Å². The van der Waals surface area contributed by atoms with Crippen LogP contribution >= 0.6 is 0 Å². The molecule has 0 aromatic heterocycles. The number of carbonyl (C=O) groups excluding carboxylic acids is 1. The Morgan fingerprint density at radius 1 is 1.21 bits per heavy atom. The highest BCUT2D eigenvalue weighted by molar-refractivity contribution is 5.81. The van der Waals surface area contributed by atoms with Crippen LogP contribution in [-0.2, 0) is 4.79 Å². The number of amides is 1. The first kappa shape index (κ1) is 15.8. The molecule has 0 aromatic carbocycles. The Morgan fingerprint density at radius 3 is 2.42 bits per heavy atom. The number of hydrogen-bond donors (Lipinski definition) is 2. The summed E-state index contributed by atoms with van der Waals surface area (Å²) in [6, 6.07) is 0. The van der Waals surface area contributed by atoms with Crippen molar-refractivity contribution in [2.24, 2.45) is 10.9 Å². The fourth-order valence-electron chi connectivity index (χ4n) is 1.88. The van der Waals surface area contributed by atoms with E-state index in [2.05, 4.69) is 22.5 Å². The van der Waals surface area contributed by atoms with Gasteiger partial charge in [-0.15, -0.1) is 0 Å². The smallest absolute Gasteiger partial charge is 0.224 e. The average molecular weight is 268 g/mol. The van der Waals surface area contributed by atoms with Gasteiger partial charge in [0, 0.05) is 39.1 Å². The van der Waals surface area contributed by atoms with E-state index in [0.29, 0.717) is 13.0 Å². The first-order chi connectivity index (χ1) is 9.21. The second-order valence-electron chi connectivity index (χ2n) is 4.91. The Balaban J connectivity index is 2.26. The molecular formula is C14H28N4O. The average Bonchev–Trinajstić information content (AvgIpc) is 3.21. The van der Waals surface area contributed by atoms with Crippen LogP contribution in [0.4, 0.5) is 0 Å². The number of rotatable bonds is 8. The molecule has 1 fully saturated rings. The van der Waals surface area contributed by atoms with E-state index in [9.17, 15) is 4.79 Å². The van der Waals surface area contributed by atoms with Gasteiger partial charge in [0.2, 0.25) is 5.91 Å². The fourth-order valence-corrected chi connectivity index (χ4v) is 1.88. The maximum atomic E-state index is 11.8. The topological polar surface area (TPSA) is 56.7 Å². The van der Waals surface area contributed by atoms with Gasteiger partial charge in [-0.2, -0.15) is 0 Å². The Labute approximate surface area is 116 Å².